The number of halogens is 1. The highest BCUT2D eigenvalue weighted by Gasteiger charge is 2.30. The Morgan fingerprint density at radius 2 is 1.94 bits per heavy atom. The Balaban J connectivity index is 0. The second-order valence-corrected chi connectivity index (χ2v) is 4.18. The smallest absolute Gasteiger partial charge is 0.330 e. The first kappa shape index (κ1) is 17.6. The molecule has 96 valence electrons. The van der Waals surface area contributed by atoms with Crippen molar-refractivity contribution in [3.8, 4) is 0 Å². The molecule has 0 aliphatic carbocycles. The van der Waals surface area contributed by atoms with E-state index in [9.17, 15) is 9.59 Å². The molecule has 0 saturated heterocycles. The van der Waals surface area contributed by atoms with Gasteiger partial charge in [0.15, 0.2) is 0 Å². The van der Waals surface area contributed by atoms with Gasteiger partial charge < -0.3 is 15.8 Å². The van der Waals surface area contributed by atoms with Crippen LogP contribution in [0.2, 0.25) is 0 Å². The Kier molecular flexibility index (Phi) is 8.20. The van der Waals surface area contributed by atoms with Gasteiger partial charge in [-0.15, -0.1) is 12.4 Å². The summed E-state index contributed by atoms with van der Waals surface area (Å²) in [4.78, 5) is 22.7. The lowest BCUT2D eigenvalue weighted by molar-refractivity contribution is -0.149. The van der Waals surface area contributed by atoms with Crippen molar-refractivity contribution in [2.45, 2.75) is 45.2 Å². The number of carbonyl (C=O) groups excluding carboxylic acids is 2. The lowest BCUT2D eigenvalue weighted by Crippen LogP contribution is -2.50. The number of hydrogen-bond acceptors (Lipinski definition) is 4. The first-order valence-corrected chi connectivity index (χ1v) is 4.94. The molecule has 6 heteroatoms. The first-order valence-electron chi connectivity index (χ1n) is 4.94. The molecule has 0 rings (SSSR count). The van der Waals surface area contributed by atoms with Crippen molar-refractivity contribution in [3.05, 3.63) is 0 Å². The second kappa shape index (κ2) is 7.46. The lowest BCUT2D eigenvalue weighted by Gasteiger charge is -2.23. The molecular formula is C10H21ClN2O3. The van der Waals surface area contributed by atoms with Gasteiger partial charge in [-0.05, 0) is 27.2 Å². The summed E-state index contributed by atoms with van der Waals surface area (Å²) in [6.45, 7) is 5.03. The van der Waals surface area contributed by atoms with Gasteiger partial charge in [-0.2, -0.15) is 0 Å². The number of esters is 1. The van der Waals surface area contributed by atoms with Crippen LogP contribution < -0.4 is 11.1 Å². The molecule has 0 fully saturated rings. The van der Waals surface area contributed by atoms with Gasteiger partial charge in [0.2, 0.25) is 5.91 Å². The Hall–Kier alpha value is -0.810. The fourth-order valence-corrected chi connectivity index (χ4v) is 1.08. The minimum Gasteiger partial charge on any atom is -0.467 e. The molecule has 1 atom stereocenters. The Bertz CT molecular complexity index is 242. The van der Waals surface area contributed by atoms with Crippen molar-refractivity contribution in [2.75, 3.05) is 7.11 Å². The van der Waals surface area contributed by atoms with E-state index in [2.05, 4.69) is 10.1 Å². The number of rotatable bonds is 5. The third kappa shape index (κ3) is 6.63. The van der Waals surface area contributed by atoms with Crippen LogP contribution in [-0.4, -0.2) is 30.6 Å². The molecule has 16 heavy (non-hydrogen) atoms. The number of carbonyl (C=O) groups is 2. The molecule has 0 aliphatic heterocycles. The van der Waals surface area contributed by atoms with Gasteiger partial charge in [0, 0.05) is 12.5 Å². The fraction of sp³-hybridized carbons (Fsp3) is 0.800. The third-order valence-corrected chi connectivity index (χ3v) is 1.97. The zero-order valence-corrected chi connectivity index (χ0v) is 11.0. The highest BCUT2D eigenvalue weighted by Crippen LogP contribution is 2.05. The molecule has 0 saturated carbocycles. The summed E-state index contributed by atoms with van der Waals surface area (Å²) < 4.78 is 4.56. The Labute approximate surface area is 103 Å². The summed E-state index contributed by atoms with van der Waals surface area (Å²) in [5.74, 6) is -0.653. The maximum absolute atomic E-state index is 11.4. The van der Waals surface area contributed by atoms with E-state index in [0.717, 1.165) is 0 Å². The molecular weight excluding hydrogens is 232 g/mol. The number of ether oxygens (including phenoxy) is 1. The topological polar surface area (TPSA) is 81.4 Å². The van der Waals surface area contributed by atoms with E-state index in [-0.39, 0.29) is 24.4 Å². The van der Waals surface area contributed by atoms with E-state index in [4.69, 9.17) is 5.73 Å². The van der Waals surface area contributed by atoms with Crippen LogP contribution in [0.3, 0.4) is 0 Å². The van der Waals surface area contributed by atoms with Gasteiger partial charge in [0.25, 0.3) is 0 Å². The summed E-state index contributed by atoms with van der Waals surface area (Å²) in [6, 6.07) is -0.0167. The second-order valence-electron chi connectivity index (χ2n) is 4.18. The van der Waals surface area contributed by atoms with E-state index < -0.39 is 11.5 Å². The summed E-state index contributed by atoms with van der Waals surface area (Å²) in [7, 11) is 1.29. The van der Waals surface area contributed by atoms with E-state index in [1.165, 1.54) is 7.11 Å². The number of hydrogen-bond donors (Lipinski definition) is 2. The van der Waals surface area contributed by atoms with Crippen LogP contribution in [0.1, 0.15) is 33.6 Å². The molecule has 0 radical (unpaired) electrons. The summed E-state index contributed by atoms with van der Waals surface area (Å²) in [5, 5.41) is 2.59. The van der Waals surface area contributed by atoms with Crippen molar-refractivity contribution in [1.82, 2.24) is 5.32 Å². The van der Waals surface area contributed by atoms with Crippen LogP contribution in [0.25, 0.3) is 0 Å². The van der Waals surface area contributed by atoms with Gasteiger partial charge in [-0.3, -0.25) is 4.79 Å². The van der Waals surface area contributed by atoms with E-state index in [1.807, 2.05) is 6.92 Å². The molecule has 0 aromatic carbocycles. The molecule has 0 bridgehead atoms. The lowest BCUT2D eigenvalue weighted by atomic mass is 10.1. The van der Waals surface area contributed by atoms with E-state index >= 15 is 0 Å². The monoisotopic (exact) mass is 252 g/mol. The average molecular weight is 253 g/mol. The quantitative estimate of drug-likeness (QED) is 0.703. The zero-order valence-electron chi connectivity index (χ0n) is 10.2. The minimum absolute atomic E-state index is 0. The summed E-state index contributed by atoms with van der Waals surface area (Å²) >= 11 is 0. The predicted molar refractivity (Wildman–Crippen MR) is 64.4 cm³/mol. The molecule has 5 nitrogen and oxygen atoms in total. The molecule has 1 unspecified atom stereocenters. The van der Waals surface area contributed by atoms with E-state index in [0.29, 0.717) is 12.8 Å². The van der Waals surface area contributed by atoms with Crippen LogP contribution in [0.5, 0.6) is 0 Å². The number of amides is 1. The molecule has 1 amide bonds. The van der Waals surface area contributed by atoms with Gasteiger partial charge in [-0.1, -0.05) is 0 Å². The summed E-state index contributed by atoms with van der Waals surface area (Å²) in [6.07, 6.45) is 0.918. The highest BCUT2D eigenvalue weighted by atomic mass is 35.5. The Morgan fingerprint density at radius 3 is 2.31 bits per heavy atom. The largest absolute Gasteiger partial charge is 0.467 e. The predicted octanol–water partition coefficient (Wildman–Crippen LogP) is 0.603. The average Bonchev–Trinajstić information content (AvgIpc) is 2.12. The molecule has 0 aromatic rings. The molecule has 3 N–H and O–H groups in total. The maximum atomic E-state index is 11.4. The normalized spacial score (nSPS) is 12.3. The minimum atomic E-state index is -0.982. The molecule has 0 aromatic heterocycles. The van der Waals surface area contributed by atoms with Crippen molar-refractivity contribution in [3.63, 3.8) is 0 Å². The highest BCUT2D eigenvalue weighted by molar-refractivity contribution is 5.87. The summed E-state index contributed by atoms with van der Waals surface area (Å²) in [5.41, 5.74) is 4.54. The Morgan fingerprint density at radius 1 is 1.44 bits per heavy atom. The van der Waals surface area contributed by atoms with Crippen LogP contribution in [-0.2, 0) is 14.3 Å². The van der Waals surface area contributed by atoms with Gasteiger partial charge in [0.05, 0.1) is 7.11 Å². The van der Waals surface area contributed by atoms with Crippen molar-refractivity contribution < 1.29 is 14.3 Å². The van der Waals surface area contributed by atoms with Crippen LogP contribution in [0.4, 0.5) is 0 Å². The number of nitrogens with one attached hydrogen (secondary N) is 1. The first-order chi connectivity index (χ1) is 6.79. The maximum Gasteiger partial charge on any atom is 0.330 e. The van der Waals surface area contributed by atoms with Crippen LogP contribution >= 0.6 is 12.4 Å². The number of nitrogens with two attached hydrogens (primary N) is 1. The van der Waals surface area contributed by atoms with Crippen LogP contribution in [0, 0.1) is 0 Å². The van der Waals surface area contributed by atoms with Crippen molar-refractivity contribution in [1.29, 1.82) is 0 Å². The van der Waals surface area contributed by atoms with Gasteiger partial charge in [0.1, 0.15) is 5.54 Å². The number of methoxy groups -OCH3 is 1. The van der Waals surface area contributed by atoms with Crippen molar-refractivity contribution in [2.24, 2.45) is 5.73 Å². The SMILES string of the molecule is COC(=O)C(C)(C)NC(=O)CCC(C)N.Cl. The molecule has 0 aliphatic rings. The standard InChI is InChI=1S/C10H20N2O3.ClH/c1-7(11)5-6-8(13)12-10(2,3)9(14)15-4;/h7H,5-6,11H2,1-4H3,(H,12,13);1H. The van der Waals surface area contributed by atoms with E-state index in [1.54, 1.807) is 13.8 Å². The van der Waals surface area contributed by atoms with Crippen LogP contribution in [0.15, 0.2) is 0 Å². The molecule has 0 spiro atoms. The van der Waals surface area contributed by atoms with Crippen molar-refractivity contribution >= 4 is 24.3 Å². The third-order valence-electron chi connectivity index (χ3n) is 1.97. The zero-order chi connectivity index (χ0) is 12.1. The molecule has 0 heterocycles. The van der Waals surface area contributed by atoms with Gasteiger partial charge in [-0.25, -0.2) is 4.79 Å². The fourth-order valence-electron chi connectivity index (χ4n) is 1.08. The van der Waals surface area contributed by atoms with Gasteiger partial charge >= 0.3 is 5.97 Å².